The highest BCUT2D eigenvalue weighted by molar-refractivity contribution is 7.89. The van der Waals surface area contributed by atoms with Crippen LogP contribution in [0.5, 0.6) is 0 Å². The third-order valence-electron chi connectivity index (χ3n) is 2.39. The highest BCUT2D eigenvalue weighted by Crippen LogP contribution is 2.30. The van der Waals surface area contributed by atoms with Crippen LogP contribution in [-0.2, 0) is 10.0 Å². The SMILES string of the molecule is CN(CC1CC1)S(=O)(=O)c1cn[nH]c1. The van der Waals surface area contributed by atoms with Gasteiger partial charge in [-0.05, 0) is 18.8 Å². The molecule has 0 aliphatic heterocycles. The molecule has 1 aliphatic carbocycles. The number of rotatable bonds is 4. The van der Waals surface area contributed by atoms with Gasteiger partial charge in [-0.15, -0.1) is 0 Å². The summed E-state index contributed by atoms with van der Waals surface area (Å²) in [6.45, 7) is 0.619. The lowest BCUT2D eigenvalue weighted by atomic mass is 10.4. The number of hydrogen-bond donors (Lipinski definition) is 1. The molecule has 1 aliphatic rings. The van der Waals surface area contributed by atoms with Gasteiger partial charge in [0.1, 0.15) is 4.90 Å². The summed E-state index contributed by atoms with van der Waals surface area (Å²) < 4.78 is 25.0. The van der Waals surface area contributed by atoms with Crippen LogP contribution in [0.15, 0.2) is 17.3 Å². The van der Waals surface area contributed by atoms with Crippen molar-refractivity contribution in [1.82, 2.24) is 14.5 Å². The molecular formula is C8H13N3O2S. The van der Waals surface area contributed by atoms with Crippen molar-refractivity contribution < 1.29 is 8.42 Å². The first-order valence-corrected chi connectivity index (χ1v) is 6.00. The van der Waals surface area contributed by atoms with Crippen molar-refractivity contribution in [2.24, 2.45) is 5.92 Å². The highest BCUT2D eigenvalue weighted by Gasteiger charge is 2.29. The first-order chi connectivity index (χ1) is 6.60. The topological polar surface area (TPSA) is 66.1 Å². The van der Waals surface area contributed by atoms with E-state index in [2.05, 4.69) is 10.2 Å². The maximum atomic E-state index is 11.8. The fraction of sp³-hybridized carbons (Fsp3) is 0.625. The highest BCUT2D eigenvalue weighted by atomic mass is 32.2. The second kappa shape index (κ2) is 3.36. The van der Waals surface area contributed by atoms with Gasteiger partial charge in [0.05, 0.1) is 6.20 Å². The zero-order chi connectivity index (χ0) is 10.2. The monoisotopic (exact) mass is 215 g/mol. The van der Waals surface area contributed by atoms with Crippen molar-refractivity contribution in [2.45, 2.75) is 17.7 Å². The van der Waals surface area contributed by atoms with Gasteiger partial charge in [0.15, 0.2) is 0 Å². The summed E-state index contributed by atoms with van der Waals surface area (Å²) in [5.41, 5.74) is 0. The lowest BCUT2D eigenvalue weighted by Crippen LogP contribution is -2.28. The van der Waals surface area contributed by atoms with Crippen LogP contribution >= 0.6 is 0 Å². The lowest BCUT2D eigenvalue weighted by Gasteiger charge is -2.14. The van der Waals surface area contributed by atoms with E-state index >= 15 is 0 Å². The van der Waals surface area contributed by atoms with Crippen molar-refractivity contribution in [2.75, 3.05) is 13.6 Å². The minimum Gasteiger partial charge on any atom is -0.284 e. The van der Waals surface area contributed by atoms with Crippen molar-refractivity contribution in [1.29, 1.82) is 0 Å². The van der Waals surface area contributed by atoms with E-state index in [1.165, 1.54) is 16.7 Å². The Kier molecular flexibility index (Phi) is 2.32. The summed E-state index contributed by atoms with van der Waals surface area (Å²) in [4.78, 5) is 0.237. The van der Waals surface area contributed by atoms with E-state index in [4.69, 9.17) is 0 Å². The van der Waals surface area contributed by atoms with Gasteiger partial charge < -0.3 is 0 Å². The first kappa shape index (κ1) is 9.67. The minimum atomic E-state index is -3.31. The molecule has 5 nitrogen and oxygen atoms in total. The molecule has 1 saturated carbocycles. The van der Waals surface area contributed by atoms with Gasteiger partial charge in [-0.2, -0.15) is 5.10 Å². The molecule has 1 N–H and O–H groups in total. The van der Waals surface area contributed by atoms with E-state index in [1.54, 1.807) is 7.05 Å². The van der Waals surface area contributed by atoms with Gasteiger partial charge >= 0.3 is 0 Å². The molecule has 0 aromatic carbocycles. The van der Waals surface area contributed by atoms with Crippen LogP contribution in [0.1, 0.15) is 12.8 Å². The molecular weight excluding hydrogens is 202 g/mol. The molecule has 0 unspecified atom stereocenters. The van der Waals surface area contributed by atoms with Gasteiger partial charge in [-0.3, -0.25) is 5.10 Å². The Labute approximate surface area is 83.2 Å². The summed E-state index contributed by atoms with van der Waals surface area (Å²) in [5, 5.41) is 6.14. The molecule has 0 atom stereocenters. The first-order valence-electron chi connectivity index (χ1n) is 4.56. The molecule has 1 heterocycles. The summed E-state index contributed by atoms with van der Waals surface area (Å²) >= 11 is 0. The van der Waals surface area contributed by atoms with Gasteiger partial charge in [-0.25, -0.2) is 12.7 Å². The van der Waals surface area contributed by atoms with Crippen LogP contribution < -0.4 is 0 Å². The molecule has 6 heteroatoms. The molecule has 1 aromatic rings. The molecule has 1 aromatic heterocycles. The molecule has 2 rings (SSSR count). The molecule has 14 heavy (non-hydrogen) atoms. The molecule has 0 spiro atoms. The van der Waals surface area contributed by atoms with E-state index in [9.17, 15) is 8.42 Å². The van der Waals surface area contributed by atoms with Crippen LogP contribution in [0, 0.1) is 5.92 Å². The normalized spacial score (nSPS) is 17.6. The smallest absolute Gasteiger partial charge is 0.245 e. The zero-order valence-electron chi connectivity index (χ0n) is 7.97. The molecule has 0 saturated heterocycles. The van der Waals surface area contributed by atoms with Crippen molar-refractivity contribution in [3.8, 4) is 0 Å². The third kappa shape index (κ3) is 1.80. The largest absolute Gasteiger partial charge is 0.284 e. The van der Waals surface area contributed by atoms with Gasteiger partial charge in [0.25, 0.3) is 0 Å². The predicted octanol–water partition coefficient (Wildman–Crippen LogP) is 0.440. The Hall–Kier alpha value is -0.880. The molecule has 0 amide bonds. The van der Waals surface area contributed by atoms with Gasteiger partial charge in [0.2, 0.25) is 10.0 Å². The zero-order valence-corrected chi connectivity index (χ0v) is 8.79. The Morgan fingerprint density at radius 1 is 1.64 bits per heavy atom. The van der Waals surface area contributed by atoms with Crippen LogP contribution in [0.2, 0.25) is 0 Å². The number of hydrogen-bond acceptors (Lipinski definition) is 3. The van der Waals surface area contributed by atoms with Gasteiger partial charge in [0, 0.05) is 19.8 Å². The molecule has 78 valence electrons. The van der Waals surface area contributed by atoms with Crippen LogP contribution in [0.3, 0.4) is 0 Å². The Bertz CT molecular complexity index is 394. The Morgan fingerprint density at radius 2 is 2.36 bits per heavy atom. The minimum absolute atomic E-state index is 0.237. The average Bonchev–Trinajstić information content (AvgIpc) is 2.79. The second-order valence-corrected chi connectivity index (χ2v) is 5.71. The summed E-state index contributed by atoms with van der Waals surface area (Å²) in [7, 11) is -1.70. The quantitative estimate of drug-likeness (QED) is 0.792. The standard InChI is InChI=1S/C8H13N3O2S/c1-11(6-7-2-3-7)14(12,13)8-4-9-10-5-8/h4-5,7H,2-3,6H2,1H3,(H,9,10). The lowest BCUT2D eigenvalue weighted by molar-refractivity contribution is 0.453. The van der Waals surface area contributed by atoms with E-state index in [1.807, 2.05) is 0 Å². The number of aromatic amines is 1. The van der Waals surface area contributed by atoms with Crippen LogP contribution in [0.25, 0.3) is 0 Å². The summed E-state index contributed by atoms with van der Waals surface area (Å²) in [6.07, 6.45) is 5.02. The maximum absolute atomic E-state index is 11.8. The van der Waals surface area contributed by atoms with E-state index in [0.717, 1.165) is 12.8 Å². The number of H-pyrrole nitrogens is 1. The van der Waals surface area contributed by atoms with E-state index in [-0.39, 0.29) is 4.90 Å². The fourth-order valence-electron chi connectivity index (χ4n) is 1.32. The maximum Gasteiger partial charge on any atom is 0.245 e. The number of nitrogens with zero attached hydrogens (tertiary/aromatic N) is 2. The van der Waals surface area contributed by atoms with Crippen LogP contribution in [-0.4, -0.2) is 36.5 Å². The van der Waals surface area contributed by atoms with Crippen molar-refractivity contribution in [3.05, 3.63) is 12.4 Å². The number of aromatic nitrogens is 2. The molecule has 0 radical (unpaired) electrons. The summed E-state index contributed by atoms with van der Waals surface area (Å²) in [5.74, 6) is 0.557. The van der Waals surface area contributed by atoms with Gasteiger partial charge in [-0.1, -0.05) is 0 Å². The molecule has 1 fully saturated rings. The second-order valence-electron chi connectivity index (χ2n) is 3.66. The van der Waals surface area contributed by atoms with Crippen molar-refractivity contribution in [3.63, 3.8) is 0 Å². The fourth-order valence-corrected chi connectivity index (χ4v) is 2.48. The van der Waals surface area contributed by atoms with Crippen molar-refractivity contribution >= 4 is 10.0 Å². The van der Waals surface area contributed by atoms with E-state index in [0.29, 0.717) is 12.5 Å². The Balaban J connectivity index is 2.14. The third-order valence-corrected chi connectivity index (χ3v) is 4.18. The number of sulfonamides is 1. The Morgan fingerprint density at radius 3 is 2.86 bits per heavy atom. The predicted molar refractivity (Wildman–Crippen MR) is 51.1 cm³/mol. The molecule has 0 bridgehead atoms. The number of nitrogens with one attached hydrogen (secondary N) is 1. The average molecular weight is 215 g/mol. The van der Waals surface area contributed by atoms with Crippen LogP contribution in [0.4, 0.5) is 0 Å². The van der Waals surface area contributed by atoms with E-state index < -0.39 is 10.0 Å². The summed E-state index contributed by atoms with van der Waals surface area (Å²) in [6, 6.07) is 0.